The minimum atomic E-state index is -3.99. The Balaban J connectivity index is 1.77. The second kappa shape index (κ2) is 10.6. The second-order valence-electron chi connectivity index (χ2n) is 7.43. The lowest BCUT2D eigenvalue weighted by atomic mass is 10.2. The van der Waals surface area contributed by atoms with E-state index in [1.54, 1.807) is 6.07 Å². The molecule has 8 nitrogen and oxygen atoms in total. The lowest BCUT2D eigenvalue weighted by molar-refractivity contribution is -0.116. The summed E-state index contributed by atoms with van der Waals surface area (Å²) in [4.78, 5) is 12.7. The maximum absolute atomic E-state index is 12.8. The Hall–Kier alpha value is -2.50. The zero-order valence-corrected chi connectivity index (χ0v) is 22.3. The van der Waals surface area contributed by atoms with Crippen molar-refractivity contribution in [1.82, 2.24) is 0 Å². The quantitative estimate of drug-likeness (QED) is 0.381. The van der Waals surface area contributed by atoms with E-state index in [2.05, 4.69) is 10.0 Å². The third-order valence-electron chi connectivity index (χ3n) is 4.80. The van der Waals surface area contributed by atoms with E-state index < -0.39 is 32.0 Å². The number of hydrogen-bond acceptors (Lipinski definition) is 5. The first kappa shape index (κ1) is 27.1. The normalized spacial score (nSPS) is 12.6. The summed E-state index contributed by atoms with van der Waals surface area (Å²) in [6, 6.07) is 14.8. The van der Waals surface area contributed by atoms with Gasteiger partial charge in [0.1, 0.15) is 6.04 Å². The first-order valence-corrected chi connectivity index (χ1v) is 14.4. The zero-order valence-electron chi connectivity index (χ0n) is 18.4. The first-order chi connectivity index (χ1) is 16.3. The molecule has 0 aromatic heterocycles. The number of benzene rings is 3. The highest BCUT2D eigenvalue weighted by atomic mass is 35.5. The van der Waals surface area contributed by atoms with E-state index in [1.807, 2.05) is 0 Å². The summed E-state index contributed by atoms with van der Waals surface area (Å²) in [5, 5.41) is 3.27. The molecule has 0 heterocycles. The number of rotatable bonds is 8. The molecule has 3 aromatic carbocycles. The van der Waals surface area contributed by atoms with Crippen molar-refractivity contribution in [2.45, 2.75) is 17.9 Å². The summed E-state index contributed by atoms with van der Waals surface area (Å²) >= 11 is 17.9. The fraction of sp³-hybridized carbons (Fsp3) is 0.136. The van der Waals surface area contributed by atoms with E-state index in [9.17, 15) is 21.6 Å². The predicted molar refractivity (Wildman–Crippen MR) is 141 cm³/mol. The largest absolute Gasteiger partial charge is 0.324 e. The molecule has 13 heteroatoms. The Kier molecular flexibility index (Phi) is 8.23. The minimum absolute atomic E-state index is 0.0618. The Morgan fingerprint density at radius 3 is 2.06 bits per heavy atom. The molecular formula is C22H20Cl3N3O5S2. The molecule has 0 fully saturated rings. The van der Waals surface area contributed by atoms with Crippen LogP contribution in [0.1, 0.15) is 6.92 Å². The molecule has 0 aliphatic heterocycles. The van der Waals surface area contributed by atoms with Gasteiger partial charge in [-0.05, 0) is 67.6 Å². The van der Waals surface area contributed by atoms with Crippen LogP contribution in [0, 0.1) is 0 Å². The van der Waals surface area contributed by atoms with E-state index in [0.29, 0.717) is 5.02 Å². The molecule has 1 unspecified atom stereocenters. The number of halogens is 3. The van der Waals surface area contributed by atoms with E-state index in [4.69, 9.17) is 34.8 Å². The van der Waals surface area contributed by atoms with Gasteiger partial charge in [0.05, 0.1) is 32.6 Å². The number of sulfonamides is 2. The molecule has 0 aliphatic rings. The van der Waals surface area contributed by atoms with Crippen LogP contribution in [-0.4, -0.2) is 35.0 Å². The molecule has 0 saturated carbocycles. The molecule has 3 rings (SSSR count). The second-order valence-corrected chi connectivity index (χ2v) is 12.2. The van der Waals surface area contributed by atoms with Crippen molar-refractivity contribution in [1.29, 1.82) is 0 Å². The van der Waals surface area contributed by atoms with Gasteiger partial charge < -0.3 is 5.32 Å². The van der Waals surface area contributed by atoms with Crippen LogP contribution < -0.4 is 14.3 Å². The molecule has 0 spiro atoms. The number of carbonyl (C=O) groups is 1. The van der Waals surface area contributed by atoms with Gasteiger partial charge in [-0.2, -0.15) is 0 Å². The maximum Gasteiger partial charge on any atom is 0.261 e. The van der Waals surface area contributed by atoms with Crippen molar-refractivity contribution in [3.63, 3.8) is 0 Å². The summed E-state index contributed by atoms with van der Waals surface area (Å²) < 4.78 is 53.5. The Labute approximate surface area is 218 Å². The van der Waals surface area contributed by atoms with Crippen LogP contribution in [0.25, 0.3) is 0 Å². The Morgan fingerprint density at radius 1 is 0.886 bits per heavy atom. The molecule has 1 amide bonds. The highest BCUT2D eigenvalue weighted by Crippen LogP contribution is 2.31. The SMILES string of the molecule is CC(C(=O)Nc1ccc(S(=O)(=O)Nc2cccc(Cl)c2Cl)cc1)N(c1ccc(Cl)cc1)S(C)(=O)=O. The molecule has 0 radical (unpaired) electrons. The number of carbonyl (C=O) groups excluding carboxylic acids is 1. The van der Waals surface area contributed by atoms with Crippen molar-refractivity contribution < 1.29 is 21.6 Å². The minimum Gasteiger partial charge on any atom is -0.324 e. The summed E-state index contributed by atoms with van der Waals surface area (Å²) in [6.07, 6.45) is 0.990. The number of anilines is 3. The number of nitrogens with zero attached hydrogens (tertiary/aromatic N) is 1. The van der Waals surface area contributed by atoms with Crippen LogP contribution in [0.4, 0.5) is 17.1 Å². The average Bonchev–Trinajstić information content (AvgIpc) is 2.77. The van der Waals surface area contributed by atoms with Gasteiger partial charge in [-0.25, -0.2) is 16.8 Å². The lowest BCUT2D eigenvalue weighted by Gasteiger charge is -2.28. The molecule has 35 heavy (non-hydrogen) atoms. The molecular weight excluding hydrogens is 557 g/mol. The van der Waals surface area contributed by atoms with Gasteiger partial charge in [0, 0.05) is 10.7 Å². The van der Waals surface area contributed by atoms with Crippen LogP contribution in [0.15, 0.2) is 71.6 Å². The molecule has 3 aromatic rings. The van der Waals surface area contributed by atoms with Crippen LogP contribution in [0.2, 0.25) is 15.1 Å². The van der Waals surface area contributed by atoms with Crippen molar-refractivity contribution in [2.24, 2.45) is 0 Å². The number of hydrogen-bond donors (Lipinski definition) is 2. The van der Waals surface area contributed by atoms with Gasteiger partial charge >= 0.3 is 0 Å². The Bertz CT molecular complexity index is 1450. The molecule has 0 aliphatic carbocycles. The van der Waals surface area contributed by atoms with Crippen molar-refractivity contribution in [3.8, 4) is 0 Å². The monoisotopic (exact) mass is 575 g/mol. The molecule has 186 valence electrons. The molecule has 0 saturated heterocycles. The van der Waals surface area contributed by atoms with Crippen molar-refractivity contribution in [3.05, 3.63) is 81.8 Å². The number of nitrogens with one attached hydrogen (secondary N) is 2. The molecule has 1 atom stereocenters. The third kappa shape index (κ3) is 6.59. The molecule has 2 N–H and O–H groups in total. The fourth-order valence-corrected chi connectivity index (χ4v) is 5.92. The van der Waals surface area contributed by atoms with E-state index in [1.165, 1.54) is 67.6 Å². The van der Waals surface area contributed by atoms with Gasteiger partial charge in [0.2, 0.25) is 15.9 Å². The van der Waals surface area contributed by atoms with E-state index in [-0.39, 0.29) is 32.0 Å². The van der Waals surface area contributed by atoms with Gasteiger partial charge in [0.25, 0.3) is 10.0 Å². The van der Waals surface area contributed by atoms with E-state index >= 15 is 0 Å². The Morgan fingerprint density at radius 2 is 1.49 bits per heavy atom. The maximum atomic E-state index is 12.8. The highest BCUT2D eigenvalue weighted by Gasteiger charge is 2.29. The first-order valence-electron chi connectivity index (χ1n) is 9.92. The van der Waals surface area contributed by atoms with E-state index in [0.717, 1.165) is 10.6 Å². The topological polar surface area (TPSA) is 113 Å². The average molecular weight is 577 g/mol. The lowest BCUT2D eigenvalue weighted by Crippen LogP contribution is -2.45. The van der Waals surface area contributed by atoms with Crippen LogP contribution >= 0.6 is 34.8 Å². The smallest absolute Gasteiger partial charge is 0.261 e. The predicted octanol–water partition coefficient (Wildman–Crippen LogP) is 5.24. The fourth-order valence-electron chi connectivity index (χ4n) is 3.15. The molecule has 0 bridgehead atoms. The van der Waals surface area contributed by atoms with Gasteiger partial charge in [-0.1, -0.05) is 40.9 Å². The number of amides is 1. The van der Waals surface area contributed by atoms with Gasteiger partial charge in [-0.3, -0.25) is 13.8 Å². The van der Waals surface area contributed by atoms with Crippen molar-refractivity contribution >= 4 is 77.8 Å². The van der Waals surface area contributed by atoms with Crippen LogP contribution in [0.5, 0.6) is 0 Å². The summed E-state index contributed by atoms with van der Waals surface area (Å²) in [6.45, 7) is 1.43. The standard InChI is InChI=1S/C22H20Cl3N3O5S2/c1-14(28(34(2,30)31)17-10-6-15(23)7-11-17)22(29)26-16-8-12-18(13-9-16)35(32,33)27-20-5-3-4-19(24)21(20)25/h3-14,27H,1-2H3,(H,26,29). The summed E-state index contributed by atoms with van der Waals surface area (Å²) in [5.74, 6) is -0.621. The summed E-state index contributed by atoms with van der Waals surface area (Å²) in [7, 11) is -7.80. The third-order valence-corrected chi connectivity index (χ3v) is 8.49. The summed E-state index contributed by atoms with van der Waals surface area (Å²) in [5.41, 5.74) is 0.659. The van der Waals surface area contributed by atoms with Crippen LogP contribution in [-0.2, 0) is 24.8 Å². The van der Waals surface area contributed by atoms with Crippen LogP contribution in [0.3, 0.4) is 0 Å². The highest BCUT2D eigenvalue weighted by molar-refractivity contribution is 7.92. The van der Waals surface area contributed by atoms with Gasteiger partial charge in [0.15, 0.2) is 0 Å². The van der Waals surface area contributed by atoms with Crippen molar-refractivity contribution in [2.75, 3.05) is 20.6 Å². The zero-order chi connectivity index (χ0) is 26.0. The van der Waals surface area contributed by atoms with Gasteiger partial charge in [-0.15, -0.1) is 0 Å².